The number of carbonyl (C=O) groups is 1. The molecule has 3 N–H and O–H groups in total. The minimum atomic E-state index is -0.201. The summed E-state index contributed by atoms with van der Waals surface area (Å²) in [5.74, 6) is 0.0564. The van der Waals surface area contributed by atoms with Gasteiger partial charge in [0.2, 0.25) is 5.91 Å². The van der Waals surface area contributed by atoms with E-state index in [1.54, 1.807) is 0 Å². The monoisotopic (exact) mass is 291 g/mol. The van der Waals surface area contributed by atoms with Gasteiger partial charge in [0.05, 0.1) is 0 Å². The molecule has 0 spiro atoms. The van der Waals surface area contributed by atoms with Gasteiger partial charge in [-0.3, -0.25) is 4.79 Å². The Labute approximate surface area is 128 Å². The molecule has 1 amide bonds. The first-order valence-corrected chi connectivity index (χ1v) is 7.74. The second-order valence-electron chi connectivity index (χ2n) is 8.22. The Morgan fingerprint density at radius 2 is 2.10 bits per heavy atom. The van der Waals surface area contributed by atoms with Crippen LogP contribution in [0.3, 0.4) is 0 Å². The zero-order chi connectivity index (χ0) is 16.0. The number of nitrogens with zero attached hydrogens (tertiary/aromatic N) is 1. The lowest BCUT2D eigenvalue weighted by molar-refractivity contribution is -0.123. The van der Waals surface area contributed by atoms with Crippen LogP contribution >= 0.6 is 0 Å². The summed E-state index contributed by atoms with van der Waals surface area (Å²) in [6.07, 6.45) is 1.98. The van der Waals surface area contributed by atoms with Crippen molar-refractivity contribution in [3.63, 3.8) is 0 Å². The van der Waals surface area contributed by atoms with Gasteiger partial charge in [-0.15, -0.1) is 0 Å². The van der Waals surface area contributed by atoms with Gasteiger partial charge in [-0.1, -0.05) is 13.8 Å². The molecule has 0 radical (unpaired) electrons. The number of aromatic nitrogens is 1. The molecule has 0 bridgehead atoms. The molecule has 1 aliphatic rings. The number of carbonyl (C=O) groups excluding carboxylic acids is 1. The highest BCUT2D eigenvalue weighted by atomic mass is 16.2. The van der Waals surface area contributed by atoms with E-state index in [2.05, 4.69) is 36.7 Å². The zero-order valence-corrected chi connectivity index (χ0v) is 14.2. The molecule has 0 saturated heterocycles. The molecule has 1 aliphatic carbocycles. The van der Waals surface area contributed by atoms with Crippen molar-refractivity contribution in [1.82, 2.24) is 9.88 Å². The number of nitrogens with two attached hydrogens (primary N) is 1. The van der Waals surface area contributed by atoms with Crippen LogP contribution in [0.15, 0.2) is 6.07 Å². The normalized spacial score (nSPS) is 21.0. The number of nitrogens with one attached hydrogen (secondary N) is 1. The number of hydrogen-bond donors (Lipinski definition) is 2. The van der Waals surface area contributed by atoms with Crippen LogP contribution < -0.4 is 11.1 Å². The smallest absolute Gasteiger partial charge is 0.240 e. The van der Waals surface area contributed by atoms with Gasteiger partial charge >= 0.3 is 0 Å². The van der Waals surface area contributed by atoms with E-state index in [0.717, 1.165) is 18.5 Å². The second kappa shape index (κ2) is 5.16. The van der Waals surface area contributed by atoms with Crippen LogP contribution in [0.4, 0.5) is 0 Å². The average molecular weight is 291 g/mol. The molecule has 0 aliphatic heterocycles. The largest absolute Gasteiger partial charge is 0.350 e. The first kappa shape index (κ1) is 16.1. The van der Waals surface area contributed by atoms with E-state index >= 15 is 0 Å². The molecule has 1 aromatic rings. The molecule has 4 heteroatoms. The third-order valence-electron chi connectivity index (χ3n) is 4.08. The highest BCUT2D eigenvalue weighted by Crippen LogP contribution is 2.40. The Hall–Kier alpha value is -1.29. The fourth-order valence-electron chi connectivity index (χ4n) is 3.33. The summed E-state index contributed by atoms with van der Waals surface area (Å²) >= 11 is 0. The van der Waals surface area contributed by atoms with Crippen molar-refractivity contribution in [2.24, 2.45) is 11.1 Å². The highest BCUT2D eigenvalue weighted by molar-refractivity contribution is 5.76. The minimum Gasteiger partial charge on any atom is -0.350 e. The van der Waals surface area contributed by atoms with Gasteiger partial charge in [0.25, 0.3) is 0 Å². The Bertz CT molecular complexity index is 549. The molecule has 0 saturated carbocycles. The number of fused-ring (bicyclic) bond motifs is 1. The van der Waals surface area contributed by atoms with E-state index in [0.29, 0.717) is 6.54 Å². The fourth-order valence-corrected chi connectivity index (χ4v) is 3.33. The van der Waals surface area contributed by atoms with Crippen molar-refractivity contribution in [2.75, 3.05) is 0 Å². The molecule has 118 valence electrons. The average Bonchev–Trinajstić information content (AvgIpc) is 2.53. The summed E-state index contributed by atoms with van der Waals surface area (Å²) in [5.41, 5.74) is 9.89. The molecule has 2 rings (SSSR count). The van der Waals surface area contributed by atoms with Crippen LogP contribution in [-0.4, -0.2) is 16.0 Å². The first-order chi connectivity index (χ1) is 9.48. The van der Waals surface area contributed by atoms with Crippen LogP contribution in [0.1, 0.15) is 64.0 Å². The van der Waals surface area contributed by atoms with Crippen LogP contribution in [0.2, 0.25) is 0 Å². The van der Waals surface area contributed by atoms with Crippen LogP contribution in [-0.2, 0) is 17.8 Å². The quantitative estimate of drug-likeness (QED) is 0.880. The second-order valence-corrected chi connectivity index (χ2v) is 8.22. The highest BCUT2D eigenvalue weighted by Gasteiger charge is 2.33. The summed E-state index contributed by atoms with van der Waals surface area (Å²) in [4.78, 5) is 12.2. The SMILES string of the molecule is Cc1cc2c(n1CC(=O)NC(C)(C)C)CC(C)(C)CC2N. The molecule has 1 aromatic heterocycles. The van der Waals surface area contributed by atoms with E-state index in [1.165, 1.54) is 11.3 Å². The summed E-state index contributed by atoms with van der Waals surface area (Å²) in [6.45, 7) is 12.9. The summed E-state index contributed by atoms with van der Waals surface area (Å²) < 4.78 is 2.14. The zero-order valence-electron chi connectivity index (χ0n) is 14.2. The molecule has 21 heavy (non-hydrogen) atoms. The molecule has 0 fully saturated rings. The number of amides is 1. The summed E-state index contributed by atoms with van der Waals surface area (Å²) in [5, 5.41) is 3.03. The fraction of sp³-hybridized carbons (Fsp3) is 0.706. The molecular weight excluding hydrogens is 262 g/mol. The Balaban J connectivity index is 2.28. The standard InChI is InChI=1S/C17H29N3O/c1-11-7-12-13(18)8-17(5,6)9-14(12)20(11)10-15(21)19-16(2,3)4/h7,13H,8-10,18H2,1-6H3,(H,19,21). The van der Waals surface area contributed by atoms with Crippen molar-refractivity contribution >= 4 is 5.91 Å². The molecule has 1 atom stereocenters. The van der Waals surface area contributed by atoms with Crippen LogP contribution in [0.25, 0.3) is 0 Å². The third-order valence-corrected chi connectivity index (χ3v) is 4.08. The van der Waals surface area contributed by atoms with Gasteiger partial charge in [0.15, 0.2) is 0 Å². The van der Waals surface area contributed by atoms with Gasteiger partial charge in [-0.05, 0) is 57.6 Å². The lowest BCUT2D eigenvalue weighted by Gasteiger charge is -2.34. The maximum Gasteiger partial charge on any atom is 0.240 e. The predicted octanol–water partition coefficient (Wildman–Crippen LogP) is 2.68. The maximum absolute atomic E-state index is 12.2. The van der Waals surface area contributed by atoms with Crippen molar-refractivity contribution in [1.29, 1.82) is 0 Å². The molecule has 4 nitrogen and oxygen atoms in total. The first-order valence-electron chi connectivity index (χ1n) is 7.74. The third kappa shape index (κ3) is 3.67. The Morgan fingerprint density at radius 1 is 1.48 bits per heavy atom. The Morgan fingerprint density at radius 3 is 2.67 bits per heavy atom. The predicted molar refractivity (Wildman–Crippen MR) is 86.1 cm³/mol. The topological polar surface area (TPSA) is 60.0 Å². The molecule has 1 heterocycles. The van der Waals surface area contributed by atoms with Crippen LogP contribution in [0.5, 0.6) is 0 Å². The maximum atomic E-state index is 12.2. The lowest BCUT2D eigenvalue weighted by Crippen LogP contribution is -2.42. The van der Waals surface area contributed by atoms with Gasteiger partial charge in [-0.2, -0.15) is 0 Å². The van der Waals surface area contributed by atoms with Crippen LogP contribution in [0, 0.1) is 12.3 Å². The van der Waals surface area contributed by atoms with Gasteiger partial charge in [-0.25, -0.2) is 0 Å². The van der Waals surface area contributed by atoms with Crippen molar-refractivity contribution in [3.8, 4) is 0 Å². The van der Waals surface area contributed by atoms with Crippen molar-refractivity contribution < 1.29 is 4.79 Å². The van der Waals surface area contributed by atoms with E-state index < -0.39 is 0 Å². The van der Waals surface area contributed by atoms with E-state index in [1.807, 2.05) is 20.8 Å². The Kier molecular flexibility index (Phi) is 3.96. The van der Waals surface area contributed by atoms with Gasteiger partial charge in [0.1, 0.15) is 6.54 Å². The lowest BCUT2D eigenvalue weighted by atomic mass is 9.74. The van der Waals surface area contributed by atoms with Crippen molar-refractivity contribution in [2.45, 2.75) is 72.5 Å². The molecular formula is C17H29N3O. The number of rotatable bonds is 2. The number of hydrogen-bond acceptors (Lipinski definition) is 2. The summed E-state index contributed by atoms with van der Waals surface area (Å²) in [6, 6.07) is 2.23. The van der Waals surface area contributed by atoms with E-state index in [9.17, 15) is 4.79 Å². The summed E-state index contributed by atoms with van der Waals surface area (Å²) in [7, 11) is 0. The number of aryl methyl sites for hydroxylation is 1. The van der Waals surface area contributed by atoms with Gasteiger partial charge < -0.3 is 15.6 Å². The van der Waals surface area contributed by atoms with E-state index in [4.69, 9.17) is 5.73 Å². The van der Waals surface area contributed by atoms with E-state index in [-0.39, 0.29) is 22.9 Å². The van der Waals surface area contributed by atoms with Gasteiger partial charge in [0, 0.05) is 23.0 Å². The molecule has 0 aromatic carbocycles. The minimum absolute atomic E-state index is 0.0564. The van der Waals surface area contributed by atoms with Crippen molar-refractivity contribution in [3.05, 3.63) is 23.0 Å². The molecule has 1 unspecified atom stereocenters.